The number of ether oxygens (including phenoxy) is 1. The summed E-state index contributed by atoms with van der Waals surface area (Å²) in [6.07, 6.45) is 0.649. The molecule has 43 heavy (non-hydrogen) atoms. The van der Waals surface area contributed by atoms with Crippen molar-refractivity contribution in [2.45, 2.75) is 57.6 Å². The van der Waals surface area contributed by atoms with E-state index in [1.165, 1.54) is 86.5 Å². The van der Waals surface area contributed by atoms with Crippen LogP contribution >= 0.6 is 0 Å². The van der Waals surface area contributed by atoms with Crippen LogP contribution in [0.25, 0.3) is 0 Å². The molecule has 0 unspecified atom stereocenters. The van der Waals surface area contributed by atoms with Crippen molar-refractivity contribution in [2.75, 3.05) is 18.0 Å². The van der Waals surface area contributed by atoms with Crippen LogP contribution in [-0.4, -0.2) is 55.8 Å². The van der Waals surface area contributed by atoms with Gasteiger partial charge in [0.15, 0.2) is 0 Å². The minimum Gasteiger partial charge on any atom is -0.497 e. The maximum absolute atomic E-state index is 14.0. The minimum atomic E-state index is -4.53. The predicted molar refractivity (Wildman–Crippen MR) is 160 cm³/mol. The third-order valence-electron chi connectivity index (χ3n) is 7.04. The number of amides is 2. The summed E-state index contributed by atoms with van der Waals surface area (Å²) in [6.45, 7) is 5.87. The average Bonchev–Trinajstić information content (AvgIpc) is 2.98. The van der Waals surface area contributed by atoms with E-state index in [9.17, 15) is 32.5 Å². The molecule has 0 spiro atoms. The van der Waals surface area contributed by atoms with Crippen LogP contribution < -0.4 is 14.4 Å². The van der Waals surface area contributed by atoms with Gasteiger partial charge in [-0.1, -0.05) is 25.1 Å². The summed E-state index contributed by atoms with van der Waals surface area (Å²) in [7, 11) is -3.09. The third-order valence-corrected chi connectivity index (χ3v) is 8.81. The fourth-order valence-corrected chi connectivity index (χ4v) is 5.62. The predicted octanol–water partition coefficient (Wildman–Crippen LogP) is 4.58. The number of carbonyl (C=O) groups excluding carboxylic acids is 2. The van der Waals surface area contributed by atoms with E-state index in [0.29, 0.717) is 17.7 Å². The quantitative estimate of drug-likeness (QED) is 0.220. The second-order valence-electron chi connectivity index (χ2n) is 10.1. The first kappa shape index (κ1) is 33.0. The van der Waals surface area contributed by atoms with E-state index < -0.39 is 50.9 Å². The van der Waals surface area contributed by atoms with Gasteiger partial charge in [-0.2, -0.15) is 0 Å². The highest BCUT2D eigenvalue weighted by atomic mass is 32.2. The van der Waals surface area contributed by atoms with Crippen LogP contribution in [0.1, 0.15) is 38.3 Å². The Morgan fingerprint density at radius 3 is 2.23 bits per heavy atom. The average molecular weight is 615 g/mol. The summed E-state index contributed by atoms with van der Waals surface area (Å²) in [4.78, 5) is 38.8. The van der Waals surface area contributed by atoms with Crippen molar-refractivity contribution in [1.82, 2.24) is 10.2 Å². The number of anilines is 1. The van der Waals surface area contributed by atoms with Crippen molar-refractivity contribution in [3.8, 4) is 5.75 Å². The Morgan fingerprint density at radius 1 is 1.05 bits per heavy atom. The topological polar surface area (TPSA) is 139 Å². The molecular weight excluding hydrogens is 579 g/mol. The number of methoxy groups -OCH3 is 1. The van der Waals surface area contributed by atoms with Gasteiger partial charge in [0.2, 0.25) is 11.8 Å². The number of nitrogens with zero attached hydrogens (tertiary/aromatic N) is 3. The van der Waals surface area contributed by atoms with Gasteiger partial charge in [-0.3, -0.25) is 24.0 Å². The van der Waals surface area contributed by atoms with Crippen molar-refractivity contribution in [1.29, 1.82) is 0 Å². The SMILES string of the molecule is CC[C@H](C)NC(=O)[C@@H](C)N(Cc1ccc(F)cc1)C(=O)CN(c1ccc(OC)cc1)S(=O)(=O)c1ccc(C)c([N+](=O)[O-])c1. The number of sulfonamides is 1. The molecule has 0 aliphatic carbocycles. The number of nitro benzene ring substituents is 1. The lowest BCUT2D eigenvalue weighted by Crippen LogP contribution is -2.52. The number of aryl methyl sites for hydroxylation is 1. The highest BCUT2D eigenvalue weighted by Gasteiger charge is 2.33. The third kappa shape index (κ3) is 8.07. The molecule has 3 aromatic rings. The number of nitrogens with one attached hydrogen (secondary N) is 1. The van der Waals surface area contributed by atoms with Gasteiger partial charge in [0.25, 0.3) is 15.7 Å². The summed E-state index contributed by atoms with van der Waals surface area (Å²) in [5.41, 5.74) is 0.486. The van der Waals surface area contributed by atoms with Gasteiger partial charge >= 0.3 is 0 Å². The smallest absolute Gasteiger partial charge is 0.273 e. The summed E-state index contributed by atoms with van der Waals surface area (Å²) in [5.74, 6) is -1.21. The molecule has 0 bridgehead atoms. The van der Waals surface area contributed by atoms with E-state index in [1.807, 2.05) is 13.8 Å². The first-order valence-corrected chi connectivity index (χ1v) is 15.0. The Labute approximate surface area is 250 Å². The zero-order valence-corrected chi connectivity index (χ0v) is 25.4. The van der Waals surface area contributed by atoms with E-state index in [1.54, 1.807) is 0 Å². The normalized spacial score (nSPS) is 12.6. The van der Waals surface area contributed by atoms with E-state index in [0.717, 1.165) is 10.4 Å². The van der Waals surface area contributed by atoms with Gasteiger partial charge in [0, 0.05) is 24.2 Å². The van der Waals surface area contributed by atoms with Crippen LogP contribution in [-0.2, 0) is 26.2 Å². The summed E-state index contributed by atoms with van der Waals surface area (Å²) >= 11 is 0. The maximum Gasteiger partial charge on any atom is 0.273 e. The number of hydrogen-bond donors (Lipinski definition) is 1. The monoisotopic (exact) mass is 614 g/mol. The van der Waals surface area contributed by atoms with Crippen LogP contribution in [0, 0.1) is 22.9 Å². The molecule has 0 radical (unpaired) electrons. The van der Waals surface area contributed by atoms with Crippen LogP contribution in [0.5, 0.6) is 5.75 Å². The molecule has 0 aliphatic rings. The zero-order chi connectivity index (χ0) is 31.9. The van der Waals surface area contributed by atoms with Crippen molar-refractivity contribution in [3.05, 3.63) is 93.8 Å². The molecule has 3 rings (SSSR count). The molecule has 0 aromatic heterocycles. The maximum atomic E-state index is 14.0. The summed E-state index contributed by atoms with van der Waals surface area (Å²) in [6, 6.07) is 13.6. The molecule has 0 fully saturated rings. The first-order valence-electron chi connectivity index (χ1n) is 13.5. The largest absolute Gasteiger partial charge is 0.497 e. The van der Waals surface area contributed by atoms with E-state index >= 15 is 0 Å². The first-order chi connectivity index (χ1) is 20.3. The Bertz CT molecular complexity index is 1560. The fraction of sp³-hybridized carbons (Fsp3) is 0.333. The molecule has 0 saturated carbocycles. The molecule has 13 heteroatoms. The minimum absolute atomic E-state index is 0.0934. The van der Waals surface area contributed by atoms with Crippen molar-refractivity contribution < 1.29 is 32.1 Å². The van der Waals surface area contributed by atoms with E-state index in [2.05, 4.69) is 5.32 Å². The highest BCUT2D eigenvalue weighted by Crippen LogP contribution is 2.29. The van der Waals surface area contributed by atoms with Crippen LogP contribution in [0.3, 0.4) is 0 Å². The summed E-state index contributed by atoms with van der Waals surface area (Å²) < 4.78 is 47.6. The Morgan fingerprint density at radius 2 is 1.67 bits per heavy atom. The van der Waals surface area contributed by atoms with Crippen LogP contribution in [0.15, 0.2) is 71.6 Å². The van der Waals surface area contributed by atoms with Crippen molar-refractivity contribution in [2.24, 2.45) is 0 Å². The van der Waals surface area contributed by atoms with Crippen LogP contribution in [0.4, 0.5) is 15.8 Å². The van der Waals surface area contributed by atoms with Gasteiger partial charge in [0.1, 0.15) is 24.2 Å². The van der Waals surface area contributed by atoms with Gasteiger partial charge in [-0.05, 0) is 75.2 Å². The van der Waals surface area contributed by atoms with Gasteiger partial charge in [0.05, 0.1) is 22.6 Å². The van der Waals surface area contributed by atoms with Gasteiger partial charge in [-0.15, -0.1) is 0 Å². The molecule has 230 valence electrons. The van der Waals surface area contributed by atoms with E-state index in [4.69, 9.17) is 4.74 Å². The van der Waals surface area contributed by atoms with Gasteiger partial charge in [-0.25, -0.2) is 12.8 Å². The molecule has 0 aliphatic heterocycles. The second-order valence-corrected chi connectivity index (χ2v) is 11.9. The Kier molecular flexibility index (Phi) is 10.8. The molecular formula is C30H35FN4O7S. The Balaban J connectivity index is 2.08. The molecule has 3 aromatic carbocycles. The van der Waals surface area contributed by atoms with Crippen LogP contribution in [0.2, 0.25) is 0 Å². The standard InChI is InChI=1S/C30H35FN4O7S/c1-6-21(3)32-30(37)22(4)33(18-23-8-10-24(31)11-9-23)29(36)19-34(25-12-14-26(42-5)15-13-25)43(40,41)27-16-7-20(2)28(17-27)35(38)39/h7-17,21-22H,6,18-19H2,1-5H3,(H,32,37)/t21-,22+/m0/s1. The number of rotatable bonds is 13. The number of hydrogen-bond acceptors (Lipinski definition) is 7. The van der Waals surface area contributed by atoms with Gasteiger partial charge < -0.3 is 15.0 Å². The van der Waals surface area contributed by atoms with Crippen molar-refractivity contribution >= 4 is 33.2 Å². The Hall–Kier alpha value is -4.52. The number of nitro groups is 1. The zero-order valence-electron chi connectivity index (χ0n) is 24.6. The lowest BCUT2D eigenvalue weighted by Gasteiger charge is -2.32. The fourth-order valence-electron chi connectivity index (χ4n) is 4.19. The molecule has 11 nitrogen and oxygen atoms in total. The van der Waals surface area contributed by atoms with E-state index in [-0.39, 0.29) is 28.7 Å². The van der Waals surface area contributed by atoms with Crippen molar-refractivity contribution in [3.63, 3.8) is 0 Å². The lowest BCUT2D eigenvalue weighted by atomic mass is 10.1. The molecule has 0 saturated heterocycles. The molecule has 0 heterocycles. The number of benzene rings is 3. The highest BCUT2D eigenvalue weighted by molar-refractivity contribution is 7.92. The number of carbonyl (C=O) groups is 2. The molecule has 2 amide bonds. The number of halogens is 1. The molecule has 1 N–H and O–H groups in total. The summed E-state index contributed by atoms with van der Waals surface area (Å²) in [5, 5.41) is 14.4. The second kappa shape index (κ2) is 14.1. The molecule has 2 atom stereocenters. The lowest BCUT2D eigenvalue weighted by molar-refractivity contribution is -0.385.